The molecule has 0 nitrogen and oxygen atoms in total. The van der Waals surface area contributed by atoms with E-state index in [-0.39, 0.29) is 0 Å². The van der Waals surface area contributed by atoms with E-state index in [9.17, 15) is 0 Å². The van der Waals surface area contributed by atoms with E-state index in [1.807, 2.05) is 0 Å². The summed E-state index contributed by atoms with van der Waals surface area (Å²) in [5.41, 5.74) is 5.17. The van der Waals surface area contributed by atoms with Crippen molar-refractivity contribution in [3.63, 3.8) is 0 Å². The molecule has 9 rings (SSSR count). The number of hydrogen-bond acceptors (Lipinski definition) is 0. The summed E-state index contributed by atoms with van der Waals surface area (Å²) in [7, 11) is 0. The van der Waals surface area contributed by atoms with Crippen molar-refractivity contribution in [1.82, 2.24) is 0 Å². The monoisotopic (exact) mass is 530 g/mol. The molecule has 0 bridgehead atoms. The number of fused-ring (bicyclic) bond motifs is 6. The molecule has 0 amide bonds. The van der Waals surface area contributed by atoms with Gasteiger partial charge in [0.15, 0.2) is 0 Å². The van der Waals surface area contributed by atoms with Gasteiger partial charge in [-0.3, -0.25) is 0 Å². The highest BCUT2D eigenvalue weighted by molar-refractivity contribution is 6.24. The van der Waals surface area contributed by atoms with Crippen LogP contribution < -0.4 is 0 Å². The van der Waals surface area contributed by atoms with Crippen LogP contribution in [0.4, 0.5) is 0 Å². The summed E-state index contributed by atoms with van der Waals surface area (Å²) in [5.74, 6) is 0. The summed E-state index contributed by atoms with van der Waals surface area (Å²) in [6.07, 6.45) is 0. The Morgan fingerprint density at radius 1 is 0.214 bits per heavy atom. The van der Waals surface area contributed by atoms with E-state index < -0.39 is 0 Å². The molecule has 0 saturated carbocycles. The molecule has 0 aliphatic heterocycles. The van der Waals surface area contributed by atoms with E-state index in [0.29, 0.717) is 0 Å². The normalized spacial score (nSPS) is 11.8. The molecular formula is C42H26. The van der Waals surface area contributed by atoms with Gasteiger partial charge in [0.05, 0.1) is 0 Å². The molecule has 42 heavy (non-hydrogen) atoms. The Bertz CT molecular complexity index is 2410. The molecule has 0 aromatic heterocycles. The second-order valence-corrected chi connectivity index (χ2v) is 11.3. The van der Waals surface area contributed by atoms with Crippen molar-refractivity contribution in [2.75, 3.05) is 0 Å². The molecule has 0 aliphatic rings. The first-order valence-electron chi connectivity index (χ1n) is 14.6. The number of hydrogen-bond donors (Lipinski definition) is 0. The SMILES string of the molecule is c1ccc2cc3c(-c4c5ccccc5cc5ccccc45)c(-c4c5ccccc5cc5ccccc45)ccc3cc2c1. The first-order chi connectivity index (χ1) is 20.8. The summed E-state index contributed by atoms with van der Waals surface area (Å²) < 4.78 is 0. The van der Waals surface area contributed by atoms with Gasteiger partial charge >= 0.3 is 0 Å². The summed E-state index contributed by atoms with van der Waals surface area (Å²) >= 11 is 0. The van der Waals surface area contributed by atoms with Gasteiger partial charge < -0.3 is 0 Å². The highest BCUT2D eigenvalue weighted by atomic mass is 14.2. The van der Waals surface area contributed by atoms with Crippen molar-refractivity contribution in [1.29, 1.82) is 0 Å². The maximum Gasteiger partial charge on any atom is -0.00137 e. The largest absolute Gasteiger partial charge is 0.0616 e. The van der Waals surface area contributed by atoms with Crippen molar-refractivity contribution < 1.29 is 0 Å². The van der Waals surface area contributed by atoms with Gasteiger partial charge in [0.25, 0.3) is 0 Å². The molecule has 0 heterocycles. The maximum absolute atomic E-state index is 2.41. The van der Waals surface area contributed by atoms with Crippen LogP contribution in [0.5, 0.6) is 0 Å². The Hall–Kier alpha value is -5.46. The summed E-state index contributed by atoms with van der Waals surface area (Å²) in [5, 5.41) is 15.2. The molecule has 0 fully saturated rings. The van der Waals surface area contributed by atoms with Crippen molar-refractivity contribution >= 4 is 64.6 Å². The highest BCUT2D eigenvalue weighted by Gasteiger charge is 2.20. The quantitative estimate of drug-likeness (QED) is 0.195. The lowest BCUT2D eigenvalue weighted by molar-refractivity contribution is 1.68. The van der Waals surface area contributed by atoms with Gasteiger partial charge in [-0.25, -0.2) is 0 Å². The van der Waals surface area contributed by atoms with Gasteiger partial charge in [0, 0.05) is 0 Å². The first-order valence-corrected chi connectivity index (χ1v) is 14.6. The van der Waals surface area contributed by atoms with Crippen molar-refractivity contribution in [3.05, 3.63) is 158 Å². The fourth-order valence-corrected chi connectivity index (χ4v) is 7.08. The third-order valence-corrected chi connectivity index (χ3v) is 8.95. The molecule has 0 spiro atoms. The summed E-state index contributed by atoms with van der Waals surface area (Å²) in [6.45, 7) is 0. The minimum Gasteiger partial charge on any atom is -0.0616 e. The van der Waals surface area contributed by atoms with Gasteiger partial charge in [-0.1, -0.05) is 133 Å². The molecule has 194 valence electrons. The van der Waals surface area contributed by atoms with E-state index >= 15 is 0 Å². The van der Waals surface area contributed by atoms with Crippen LogP contribution in [-0.2, 0) is 0 Å². The van der Waals surface area contributed by atoms with Crippen LogP contribution in [0.25, 0.3) is 86.9 Å². The lowest BCUT2D eigenvalue weighted by Gasteiger charge is -2.21. The second kappa shape index (κ2) is 9.03. The molecule has 9 aromatic rings. The van der Waals surface area contributed by atoms with E-state index in [0.717, 1.165) is 0 Å². The average molecular weight is 531 g/mol. The summed E-state index contributed by atoms with van der Waals surface area (Å²) in [6, 6.07) is 58.3. The van der Waals surface area contributed by atoms with E-state index in [1.165, 1.54) is 86.9 Å². The van der Waals surface area contributed by atoms with Gasteiger partial charge in [0.1, 0.15) is 0 Å². The molecule has 9 aromatic carbocycles. The van der Waals surface area contributed by atoms with Gasteiger partial charge in [-0.05, 0) is 111 Å². The third kappa shape index (κ3) is 3.42. The molecular weight excluding hydrogens is 504 g/mol. The Morgan fingerprint density at radius 3 is 1.07 bits per heavy atom. The zero-order valence-corrected chi connectivity index (χ0v) is 23.0. The third-order valence-electron chi connectivity index (χ3n) is 8.95. The molecule has 0 radical (unpaired) electrons. The maximum atomic E-state index is 2.41. The summed E-state index contributed by atoms with van der Waals surface area (Å²) in [4.78, 5) is 0. The Labute approximate surface area is 244 Å². The van der Waals surface area contributed by atoms with E-state index in [4.69, 9.17) is 0 Å². The lowest BCUT2D eigenvalue weighted by Crippen LogP contribution is -1.94. The lowest BCUT2D eigenvalue weighted by atomic mass is 9.82. The fourth-order valence-electron chi connectivity index (χ4n) is 7.08. The van der Waals surface area contributed by atoms with Gasteiger partial charge in [-0.15, -0.1) is 0 Å². The van der Waals surface area contributed by atoms with Crippen molar-refractivity contribution in [3.8, 4) is 22.3 Å². The smallest absolute Gasteiger partial charge is 0.00137 e. The highest BCUT2D eigenvalue weighted by Crippen LogP contribution is 2.48. The Balaban J connectivity index is 1.57. The predicted octanol–water partition coefficient (Wildman–Crippen LogP) is 11.9. The molecule has 0 atom stereocenters. The zero-order chi connectivity index (χ0) is 27.6. The first kappa shape index (κ1) is 23.3. The van der Waals surface area contributed by atoms with E-state index in [2.05, 4.69) is 158 Å². The molecule has 0 unspecified atom stereocenters. The Kier molecular flexibility index (Phi) is 5.00. The van der Waals surface area contributed by atoms with Crippen LogP contribution >= 0.6 is 0 Å². The minimum absolute atomic E-state index is 1.26. The van der Waals surface area contributed by atoms with Crippen molar-refractivity contribution in [2.45, 2.75) is 0 Å². The zero-order valence-electron chi connectivity index (χ0n) is 23.0. The van der Waals surface area contributed by atoms with Gasteiger partial charge in [0.2, 0.25) is 0 Å². The topological polar surface area (TPSA) is 0 Å². The second-order valence-electron chi connectivity index (χ2n) is 11.3. The molecule has 0 heteroatoms. The van der Waals surface area contributed by atoms with Crippen LogP contribution in [0.3, 0.4) is 0 Å². The standard InChI is InChI=1S/C42H26/c1-2-12-28-26-39-33(23-27(28)11-1)21-22-38(40-34-17-7-3-13-29(34)24-30-14-4-8-18-35(30)40)42(39)41-36-19-9-5-15-31(36)25-32-16-6-10-20-37(32)41/h1-26H. The number of benzene rings is 9. The average Bonchev–Trinajstić information content (AvgIpc) is 3.05. The number of rotatable bonds is 2. The van der Waals surface area contributed by atoms with E-state index in [1.54, 1.807) is 0 Å². The van der Waals surface area contributed by atoms with Crippen LogP contribution in [0.15, 0.2) is 158 Å². The van der Waals surface area contributed by atoms with Crippen LogP contribution in [-0.4, -0.2) is 0 Å². The molecule has 0 N–H and O–H groups in total. The minimum atomic E-state index is 1.26. The fraction of sp³-hybridized carbons (Fsp3) is 0. The Morgan fingerprint density at radius 2 is 0.571 bits per heavy atom. The van der Waals surface area contributed by atoms with Crippen molar-refractivity contribution in [2.24, 2.45) is 0 Å². The van der Waals surface area contributed by atoms with Gasteiger partial charge in [-0.2, -0.15) is 0 Å². The van der Waals surface area contributed by atoms with Crippen LogP contribution in [0, 0.1) is 0 Å². The molecule has 0 saturated heterocycles. The van der Waals surface area contributed by atoms with Crippen LogP contribution in [0.2, 0.25) is 0 Å². The predicted molar refractivity (Wildman–Crippen MR) is 182 cm³/mol. The molecule has 0 aliphatic carbocycles. The van der Waals surface area contributed by atoms with Crippen LogP contribution in [0.1, 0.15) is 0 Å².